The van der Waals surface area contributed by atoms with Gasteiger partial charge >= 0.3 is 5.97 Å². The van der Waals surface area contributed by atoms with E-state index >= 15 is 0 Å². The Bertz CT molecular complexity index is 791. The molecule has 0 fully saturated rings. The van der Waals surface area contributed by atoms with Crippen LogP contribution in [0.1, 0.15) is 39.0 Å². The first-order valence-electron chi connectivity index (χ1n) is 8.03. The Kier molecular flexibility index (Phi) is 5.85. The Morgan fingerprint density at radius 1 is 1.16 bits per heavy atom. The van der Waals surface area contributed by atoms with Crippen LogP contribution in [0, 0.1) is 13.8 Å². The summed E-state index contributed by atoms with van der Waals surface area (Å²) in [5.41, 5.74) is 2.20. The minimum Gasteiger partial charge on any atom is -0.497 e. The van der Waals surface area contributed by atoms with Gasteiger partial charge in [0.15, 0.2) is 6.61 Å². The molecule has 0 aliphatic heterocycles. The summed E-state index contributed by atoms with van der Waals surface area (Å²) in [6.07, 6.45) is 0. The number of Topliss-reactive ketones (excluding diaryl/α,β-unsaturated/α-hetero) is 1. The van der Waals surface area contributed by atoms with E-state index in [0.717, 1.165) is 0 Å². The van der Waals surface area contributed by atoms with Crippen molar-refractivity contribution in [1.82, 2.24) is 4.57 Å². The van der Waals surface area contributed by atoms with Crippen molar-refractivity contribution < 1.29 is 23.8 Å². The third kappa shape index (κ3) is 3.84. The summed E-state index contributed by atoms with van der Waals surface area (Å²) in [5, 5.41) is 0. The summed E-state index contributed by atoms with van der Waals surface area (Å²) in [7, 11) is 3.31. The number of hydrogen-bond donors (Lipinski definition) is 0. The molecule has 134 valence electrons. The highest BCUT2D eigenvalue weighted by Gasteiger charge is 2.25. The summed E-state index contributed by atoms with van der Waals surface area (Å²) < 4.78 is 17.5. The van der Waals surface area contributed by atoms with Gasteiger partial charge in [-0.25, -0.2) is 4.79 Å². The minimum atomic E-state index is -0.432. The van der Waals surface area contributed by atoms with E-state index in [2.05, 4.69) is 0 Å². The van der Waals surface area contributed by atoms with E-state index in [0.29, 0.717) is 34.0 Å². The van der Waals surface area contributed by atoms with Gasteiger partial charge in [-0.1, -0.05) is 6.07 Å². The first-order valence-corrected chi connectivity index (χ1v) is 8.03. The van der Waals surface area contributed by atoms with Crippen molar-refractivity contribution in [3.05, 3.63) is 46.8 Å². The molecule has 0 saturated heterocycles. The molecule has 0 atom stereocenters. The Morgan fingerprint density at radius 3 is 2.48 bits per heavy atom. The molecule has 6 heteroatoms. The maximum absolute atomic E-state index is 12.6. The minimum absolute atomic E-state index is 0.124. The third-order valence-electron chi connectivity index (χ3n) is 4.09. The molecule has 0 aliphatic carbocycles. The lowest BCUT2D eigenvalue weighted by atomic mass is 10.1. The van der Waals surface area contributed by atoms with Crippen molar-refractivity contribution in [2.45, 2.75) is 20.8 Å². The van der Waals surface area contributed by atoms with Gasteiger partial charge in [0.2, 0.25) is 5.78 Å². The summed E-state index contributed by atoms with van der Waals surface area (Å²) in [6, 6.07) is 7.05. The maximum Gasteiger partial charge on any atom is 0.355 e. The maximum atomic E-state index is 12.6. The van der Waals surface area contributed by atoms with Crippen molar-refractivity contribution in [1.29, 1.82) is 0 Å². The number of aromatic nitrogens is 1. The molecule has 1 aromatic carbocycles. The highest BCUT2D eigenvalue weighted by Crippen LogP contribution is 2.24. The normalized spacial score (nSPS) is 10.4. The van der Waals surface area contributed by atoms with Crippen molar-refractivity contribution in [3.63, 3.8) is 0 Å². The molecule has 0 aliphatic rings. The van der Waals surface area contributed by atoms with E-state index in [1.54, 1.807) is 63.8 Å². The van der Waals surface area contributed by atoms with Crippen LogP contribution in [0.4, 0.5) is 0 Å². The number of nitrogens with zero attached hydrogens (tertiary/aromatic N) is 1. The van der Waals surface area contributed by atoms with E-state index < -0.39 is 5.97 Å². The molecular weight excluding hydrogens is 322 g/mol. The quantitative estimate of drug-likeness (QED) is 0.570. The first kappa shape index (κ1) is 18.6. The number of rotatable bonds is 7. The first-order chi connectivity index (χ1) is 11.9. The van der Waals surface area contributed by atoms with E-state index in [-0.39, 0.29) is 19.0 Å². The largest absolute Gasteiger partial charge is 0.497 e. The number of hydrogen-bond acceptors (Lipinski definition) is 5. The van der Waals surface area contributed by atoms with Gasteiger partial charge in [0, 0.05) is 24.4 Å². The molecule has 6 nitrogen and oxygen atoms in total. The lowest BCUT2D eigenvalue weighted by Crippen LogP contribution is -2.13. The van der Waals surface area contributed by atoms with Crippen molar-refractivity contribution in [3.8, 4) is 11.5 Å². The topological polar surface area (TPSA) is 66.8 Å². The monoisotopic (exact) mass is 345 g/mol. The molecule has 0 amide bonds. The average molecular weight is 345 g/mol. The lowest BCUT2D eigenvalue weighted by Gasteiger charge is -2.08. The van der Waals surface area contributed by atoms with Gasteiger partial charge in [-0.3, -0.25) is 4.79 Å². The second kappa shape index (κ2) is 7.88. The molecule has 0 spiro atoms. The smallest absolute Gasteiger partial charge is 0.355 e. The van der Waals surface area contributed by atoms with Gasteiger partial charge in [-0.15, -0.1) is 0 Å². The molecule has 25 heavy (non-hydrogen) atoms. The molecule has 2 aromatic rings. The fourth-order valence-electron chi connectivity index (χ4n) is 2.79. The Balaban J connectivity index is 2.21. The number of carbonyl (C=O) groups excluding carboxylic acids is 2. The molecule has 1 heterocycles. The Morgan fingerprint density at radius 2 is 1.84 bits per heavy atom. The van der Waals surface area contributed by atoms with Crippen LogP contribution < -0.4 is 9.47 Å². The molecule has 0 bridgehead atoms. The van der Waals surface area contributed by atoms with Crippen molar-refractivity contribution in [2.24, 2.45) is 7.05 Å². The molecule has 1 aromatic heterocycles. The summed E-state index contributed by atoms with van der Waals surface area (Å²) in [4.78, 5) is 24.8. The van der Waals surface area contributed by atoms with Crippen LogP contribution in [0.5, 0.6) is 11.5 Å². The van der Waals surface area contributed by atoms with Crippen LogP contribution in [-0.2, 0) is 11.8 Å². The van der Waals surface area contributed by atoms with Crippen LogP contribution in [-0.4, -0.2) is 36.6 Å². The SMILES string of the molecule is CCOC(=O)c1c(C)c(C(=O)COc2cccc(OC)c2)c(C)n1C. The summed E-state index contributed by atoms with van der Waals surface area (Å²) in [6.45, 7) is 5.45. The Labute approximate surface area is 147 Å². The predicted octanol–water partition coefficient (Wildman–Crippen LogP) is 3.09. The number of carbonyl (C=O) groups is 2. The van der Waals surface area contributed by atoms with Crippen LogP contribution >= 0.6 is 0 Å². The van der Waals surface area contributed by atoms with Gasteiger partial charge in [0.25, 0.3) is 0 Å². The molecule has 0 N–H and O–H groups in total. The van der Waals surface area contributed by atoms with Crippen LogP contribution in [0.25, 0.3) is 0 Å². The zero-order chi connectivity index (χ0) is 18.6. The zero-order valence-corrected chi connectivity index (χ0v) is 15.2. The number of methoxy groups -OCH3 is 1. The molecular formula is C19H23NO5. The van der Waals surface area contributed by atoms with E-state index in [4.69, 9.17) is 14.2 Å². The lowest BCUT2D eigenvalue weighted by molar-refractivity contribution is 0.0514. The van der Waals surface area contributed by atoms with Gasteiger partial charge in [-0.05, 0) is 38.5 Å². The van der Waals surface area contributed by atoms with Gasteiger partial charge in [0.1, 0.15) is 17.2 Å². The predicted molar refractivity (Wildman–Crippen MR) is 93.7 cm³/mol. The number of benzene rings is 1. The average Bonchev–Trinajstić information content (AvgIpc) is 2.82. The number of ether oxygens (including phenoxy) is 3. The fourth-order valence-corrected chi connectivity index (χ4v) is 2.79. The van der Waals surface area contributed by atoms with E-state index in [1.807, 2.05) is 0 Å². The highest BCUT2D eigenvalue weighted by atomic mass is 16.5. The van der Waals surface area contributed by atoms with Gasteiger partial charge < -0.3 is 18.8 Å². The molecule has 0 radical (unpaired) electrons. The number of esters is 1. The molecule has 2 rings (SSSR count). The van der Waals surface area contributed by atoms with Gasteiger partial charge in [-0.2, -0.15) is 0 Å². The zero-order valence-electron chi connectivity index (χ0n) is 15.2. The second-order valence-corrected chi connectivity index (χ2v) is 5.60. The molecule has 0 saturated carbocycles. The summed E-state index contributed by atoms with van der Waals surface area (Å²) >= 11 is 0. The Hall–Kier alpha value is -2.76. The number of ketones is 1. The summed E-state index contributed by atoms with van der Waals surface area (Å²) in [5.74, 6) is 0.577. The fraction of sp³-hybridized carbons (Fsp3) is 0.368. The second-order valence-electron chi connectivity index (χ2n) is 5.60. The van der Waals surface area contributed by atoms with E-state index in [1.165, 1.54) is 0 Å². The third-order valence-corrected chi connectivity index (χ3v) is 4.09. The highest BCUT2D eigenvalue weighted by molar-refractivity contribution is 6.03. The van der Waals surface area contributed by atoms with E-state index in [9.17, 15) is 9.59 Å². The van der Waals surface area contributed by atoms with Crippen molar-refractivity contribution >= 4 is 11.8 Å². The van der Waals surface area contributed by atoms with Crippen LogP contribution in [0.3, 0.4) is 0 Å². The van der Waals surface area contributed by atoms with Crippen molar-refractivity contribution in [2.75, 3.05) is 20.3 Å². The van der Waals surface area contributed by atoms with Gasteiger partial charge in [0.05, 0.1) is 13.7 Å². The molecule has 0 unspecified atom stereocenters. The van der Waals surface area contributed by atoms with Crippen LogP contribution in [0.2, 0.25) is 0 Å². The van der Waals surface area contributed by atoms with Crippen LogP contribution in [0.15, 0.2) is 24.3 Å². The standard InChI is InChI=1S/C19H23NO5/c1-6-24-19(22)18-12(2)17(13(3)20(18)4)16(21)11-25-15-9-7-8-14(10-15)23-5/h7-10H,6,11H2,1-5H3.